The Morgan fingerprint density at radius 2 is 2.06 bits per heavy atom. The van der Waals surface area contributed by atoms with Gasteiger partial charge in [-0.3, -0.25) is 4.79 Å². The van der Waals surface area contributed by atoms with Gasteiger partial charge in [0.15, 0.2) is 11.5 Å². The van der Waals surface area contributed by atoms with E-state index in [-0.39, 0.29) is 17.9 Å². The van der Waals surface area contributed by atoms with Gasteiger partial charge in [0.2, 0.25) is 0 Å². The molecule has 2 rings (SSSR count). The number of carboxylic acid groups (broad SMARTS) is 1. The number of rotatable bonds is 3. The molecule has 1 aromatic carbocycles. The topological polar surface area (TPSA) is 77.8 Å². The summed E-state index contributed by atoms with van der Waals surface area (Å²) >= 11 is 5.94. The van der Waals surface area contributed by atoms with E-state index in [9.17, 15) is 15.0 Å². The minimum Gasteiger partial charge on any atom is -0.504 e. The summed E-state index contributed by atoms with van der Waals surface area (Å²) in [4.78, 5) is 10.8. The number of benzene rings is 1. The average molecular weight is 257 g/mol. The second-order valence-electron chi connectivity index (χ2n) is 4.58. The van der Waals surface area contributed by atoms with E-state index in [1.165, 1.54) is 6.07 Å². The lowest BCUT2D eigenvalue weighted by molar-refractivity contribution is -0.137. The van der Waals surface area contributed by atoms with Crippen molar-refractivity contribution < 1.29 is 20.1 Å². The van der Waals surface area contributed by atoms with Crippen molar-refractivity contribution in [1.29, 1.82) is 0 Å². The van der Waals surface area contributed by atoms with E-state index < -0.39 is 11.4 Å². The van der Waals surface area contributed by atoms with Crippen LogP contribution in [0.1, 0.15) is 30.4 Å². The standard InChI is InChI=1S/C12H13ClO4/c1-6-7(13)4-8(14)11(17)10(6)12(2-3-12)5-9(15)16/h4,14,17H,2-3,5H2,1H3,(H,15,16). The zero-order valence-electron chi connectivity index (χ0n) is 9.33. The molecule has 1 aliphatic rings. The van der Waals surface area contributed by atoms with Crippen molar-refractivity contribution >= 4 is 17.6 Å². The molecule has 0 atom stereocenters. The van der Waals surface area contributed by atoms with Gasteiger partial charge in [-0.1, -0.05) is 11.6 Å². The third-order valence-corrected chi connectivity index (χ3v) is 3.74. The number of carbonyl (C=O) groups is 1. The average Bonchev–Trinajstić information content (AvgIpc) is 2.95. The molecule has 1 fully saturated rings. The van der Waals surface area contributed by atoms with Crippen LogP contribution >= 0.6 is 11.6 Å². The van der Waals surface area contributed by atoms with Crippen molar-refractivity contribution in [2.75, 3.05) is 0 Å². The Morgan fingerprint density at radius 3 is 2.53 bits per heavy atom. The van der Waals surface area contributed by atoms with Crippen LogP contribution in [0.3, 0.4) is 0 Å². The van der Waals surface area contributed by atoms with Crippen LogP contribution in [0.5, 0.6) is 11.5 Å². The van der Waals surface area contributed by atoms with Gasteiger partial charge in [-0.25, -0.2) is 0 Å². The van der Waals surface area contributed by atoms with Crippen LogP contribution in [0, 0.1) is 6.92 Å². The lowest BCUT2D eigenvalue weighted by atomic mass is 9.88. The second-order valence-corrected chi connectivity index (χ2v) is 4.98. The Morgan fingerprint density at radius 1 is 1.47 bits per heavy atom. The molecule has 0 aliphatic heterocycles. The molecule has 0 aromatic heterocycles. The zero-order chi connectivity index (χ0) is 12.8. The number of phenols is 2. The van der Waals surface area contributed by atoms with Gasteiger partial charge in [-0.2, -0.15) is 0 Å². The largest absolute Gasteiger partial charge is 0.504 e. The maximum absolute atomic E-state index is 10.8. The molecule has 3 N–H and O–H groups in total. The van der Waals surface area contributed by atoms with Crippen molar-refractivity contribution in [1.82, 2.24) is 0 Å². The SMILES string of the molecule is Cc1c(Cl)cc(O)c(O)c1C1(CC(=O)O)CC1. The molecule has 0 radical (unpaired) electrons. The molecule has 1 aliphatic carbocycles. The summed E-state index contributed by atoms with van der Waals surface area (Å²) in [7, 11) is 0. The van der Waals surface area contributed by atoms with Gasteiger partial charge in [0.1, 0.15) is 0 Å². The van der Waals surface area contributed by atoms with Crippen molar-refractivity contribution in [3.63, 3.8) is 0 Å². The van der Waals surface area contributed by atoms with Crippen molar-refractivity contribution in [2.45, 2.75) is 31.6 Å². The molecular weight excluding hydrogens is 244 g/mol. The predicted molar refractivity (Wildman–Crippen MR) is 62.7 cm³/mol. The van der Waals surface area contributed by atoms with E-state index in [2.05, 4.69) is 0 Å². The van der Waals surface area contributed by atoms with E-state index in [0.29, 0.717) is 29.0 Å². The first-order valence-electron chi connectivity index (χ1n) is 5.31. The van der Waals surface area contributed by atoms with E-state index in [0.717, 1.165) is 0 Å². The number of aliphatic carboxylic acids is 1. The van der Waals surface area contributed by atoms with E-state index in [1.54, 1.807) is 6.92 Å². The second kappa shape index (κ2) is 3.81. The quantitative estimate of drug-likeness (QED) is 0.727. The highest BCUT2D eigenvalue weighted by atomic mass is 35.5. The maximum atomic E-state index is 10.8. The number of carboxylic acids is 1. The summed E-state index contributed by atoms with van der Waals surface area (Å²) in [5, 5.41) is 28.7. The number of phenolic OH excluding ortho intramolecular Hbond substituents is 2. The number of aromatic hydroxyl groups is 2. The fourth-order valence-electron chi connectivity index (χ4n) is 2.33. The minimum atomic E-state index is -0.916. The summed E-state index contributed by atoms with van der Waals surface area (Å²) in [6, 6.07) is 1.27. The maximum Gasteiger partial charge on any atom is 0.304 e. The van der Waals surface area contributed by atoms with Crippen LogP contribution in [0.4, 0.5) is 0 Å². The molecule has 1 saturated carbocycles. The lowest BCUT2D eigenvalue weighted by Crippen LogP contribution is -2.14. The fourth-order valence-corrected chi connectivity index (χ4v) is 2.52. The molecule has 0 saturated heterocycles. The molecule has 17 heavy (non-hydrogen) atoms. The molecule has 0 amide bonds. The molecule has 0 unspecified atom stereocenters. The summed E-state index contributed by atoms with van der Waals surface area (Å²) in [5.74, 6) is -1.46. The Hall–Kier alpha value is -1.42. The summed E-state index contributed by atoms with van der Waals surface area (Å²) < 4.78 is 0. The third kappa shape index (κ3) is 1.93. The van der Waals surface area contributed by atoms with Gasteiger partial charge < -0.3 is 15.3 Å². The van der Waals surface area contributed by atoms with Gasteiger partial charge >= 0.3 is 5.97 Å². The summed E-state index contributed by atoms with van der Waals surface area (Å²) in [5.41, 5.74) is 0.549. The Labute approximate surface area is 103 Å². The van der Waals surface area contributed by atoms with E-state index in [1.807, 2.05) is 0 Å². The molecule has 92 valence electrons. The number of halogens is 1. The van der Waals surface area contributed by atoms with Gasteiger partial charge in [0.25, 0.3) is 0 Å². The highest BCUT2D eigenvalue weighted by Gasteiger charge is 2.49. The number of hydrogen-bond donors (Lipinski definition) is 3. The Bertz CT molecular complexity index is 466. The highest BCUT2D eigenvalue weighted by Crippen LogP contribution is 2.57. The van der Waals surface area contributed by atoms with Gasteiger partial charge in [-0.05, 0) is 25.3 Å². The minimum absolute atomic E-state index is 0.0544. The van der Waals surface area contributed by atoms with Crippen LogP contribution in [0.2, 0.25) is 5.02 Å². The lowest BCUT2D eigenvalue weighted by Gasteiger charge is -2.19. The van der Waals surface area contributed by atoms with Crippen LogP contribution in [-0.2, 0) is 10.2 Å². The normalized spacial score (nSPS) is 16.8. The van der Waals surface area contributed by atoms with Gasteiger partial charge in [-0.15, -0.1) is 0 Å². The van der Waals surface area contributed by atoms with E-state index in [4.69, 9.17) is 16.7 Å². The monoisotopic (exact) mass is 256 g/mol. The van der Waals surface area contributed by atoms with Crippen LogP contribution < -0.4 is 0 Å². The summed E-state index contributed by atoms with van der Waals surface area (Å²) in [6.07, 6.45) is 1.32. The molecule has 1 aromatic rings. The van der Waals surface area contributed by atoms with Gasteiger partial charge in [0.05, 0.1) is 6.42 Å². The first-order valence-corrected chi connectivity index (χ1v) is 5.68. The molecule has 0 spiro atoms. The molecule has 0 bridgehead atoms. The third-order valence-electron chi connectivity index (χ3n) is 3.35. The smallest absolute Gasteiger partial charge is 0.304 e. The Balaban J connectivity index is 2.55. The number of hydrogen-bond acceptors (Lipinski definition) is 3. The van der Waals surface area contributed by atoms with Crippen molar-refractivity contribution in [3.05, 3.63) is 22.2 Å². The highest BCUT2D eigenvalue weighted by molar-refractivity contribution is 6.31. The predicted octanol–water partition coefficient (Wildman–Crippen LogP) is 2.57. The van der Waals surface area contributed by atoms with Crippen LogP contribution in [0.15, 0.2) is 6.07 Å². The first-order chi connectivity index (χ1) is 7.87. The molecule has 4 nitrogen and oxygen atoms in total. The molecule has 5 heteroatoms. The van der Waals surface area contributed by atoms with Crippen LogP contribution in [0.25, 0.3) is 0 Å². The molecular formula is C12H13ClO4. The summed E-state index contributed by atoms with van der Waals surface area (Å²) in [6.45, 7) is 1.72. The van der Waals surface area contributed by atoms with Crippen molar-refractivity contribution in [3.8, 4) is 11.5 Å². The Kier molecular flexibility index (Phi) is 2.70. The zero-order valence-corrected chi connectivity index (χ0v) is 10.1. The van der Waals surface area contributed by atoms with Gasteiger partial charge in [0, 0.05) is 22.1 Å². The van der Waals surface area contributed by atoms with E-state index >= 15 is 0 Å². The van der Waals surface area contributed by atoms with Crippen LogP contribution in [-0.4, -0.2) is 21.3 Å². The van der Waals surface area contributed by atoms with Crippen molar-refractivity contribution in [2.24, 2.45) is 0 Å². The first kappa shape index (κ1) is 12.0. The fraction of sp³-hybridized carbons (Fsp3) is 0.417. The molecule has 0 heterocycles.